The smallest absolute Gasteiger partial charge is 0.164 e. The van der Waals surface area contributed by atoms with E-state index in [0.717, 1.165) is 44.6 Å². The standard InChI is InChI=1S/C43H30N4/c44-37-26-23-30(24-27-37)29-15-17-32(18-16-29)39-28-25-31-9-7-8-14-38(31)40(39)33-19-21-36(22-20-33)43-46-41(34-10-3-1-4-11-34)45-42(47-43)35-12-5-2-6-13-35/h1-28H,44H2. The summed E-state index contributed by atoms with van der Waals surface area (Å²) in [6.45, 7) is 0. The Hall–Kier alpha value is -6.39. The molecule has 0 atom stereocenters. The van der Waals surface area contributed by atoms with Crippen molar-refractivity contribution in [1.29, 1.82) is 0 Å². The maximum absolute atomic E-state index is 5.92. The van der Waals surface area contributed by atoms with Crippen LogP contribution in [0.3, 0.4) is 0 Å². The van der Waals surface area contributed by atoms with Crippen LogP contribution in [0.1, 0.15) is 0 Å². The van der Waals surface area contributed by atoms with Gasteiger partial charge in [-0.05, 0) is 56.3 Å². The zero-order valence-corrected chi connectivity index (χ0v) is 25.6. The first-order valence-corrected chi connectivity index (χ1v) is 15.7. The minimum absolute atomic E-state index is 0.639. The minimum atomic E-state index is 0.639. The summed E-state index contributed by atoms with van der Waals surface area (Å²) in [5.41, 5.74) is 16.5. The fourth-order valence-corrected chi connectivity index (χ4v) is 6.06. The normalized spacial score (nSPS) is 11.1. The number of fused-ring (bicyclic) bond motifs is 1. The number of anilines is 1. The zero-order chi connectivity index (χ0) is 31.6. The molecule has 1 heterocycles. The number of rotatable bonds is 6. The number of hydrogen-bond donors (Lipinski definition) is 1. The largest absolute Gasteiger partial charge is 0.399 e. The summed E-state index contributed by atoms with van der Waals surface area (Å²) in [4.78, 5) is 14.7. The van der Waals surface area contributed by atoms with Crippen molar-refractivity contribution in [2.75, 3.05) is 5.73 Å². The van der Waals surface area contributed by atoms with Crippen molar-refractivity contribution in [3.05, 3.63) is 170 Å². The van der Waals surface area contributed by atoms with E-state index in [-0.39, 0.29) is 0 Å². The highest BCUT2D eigenvalue weighted by Crippen LogP contribution is 2.39. The van der Waals surface area contributed by atoms with Gasteiger partial charge >= 0.3 is 0 Å². The van der Waals surface area contributed by atoms with Crippen LogP contribution in [0.25, 0.3) is 78.3 Å². The first-order valence-electron chi connectivity index (χ1n) is 15.7. The van der Waals surface area contributed by atoms with Gasteiger partial charge < -0.3 is 5.73 Å². The molecule has 0 aliphatic heterocycles. The molecule has 0 saturated heterocycles. The van der Waals surface area contributed by atoms with Crippen molar-refractivity contribution in [3.8, 4) is 67.5 Å². The number of aromatic nitrogens is 3. The molecule has 0 saturated carbocycles. The van der Waals surface area contributed by atoms with E-state index in [0.29, 0.717) is 17.5 Å². The van der Waals surface area contributed by atoms with Gasteiger partial charge in [0.05, 0.1) is 0 Å². The molecule has 0 unspecified atom stereocenters. The number of nitrogens with two attached hydrogens (primary N) is 1. The second-order valence-corrected chi connectivity index (χ2v) is 11.5. The average Bonchev–Trinajstić information content (AvgIpc) is 3.15. The molecule has 0 spiro atoms. The van der Waals surface area contributed by atoms with Gasteiger partial charge in [0.15, 0.2) is 17.5 Å². The molecular formula is C43H30N4. The lowest BCUT2D eigenvalue weighted by molar-refractivity contribution is 1.07. The highest BCUT2D eigenvalue weighted by Gasteiger charge is 2.15. The predicted octanol–water partition coefficient (Wildman–Crippen LogP) is 10.6. The Kier molecular flexibility index (Phi) is 7.29. The number of benzene rings is 7. The van der Waals surface area contributed by atoms with Gasteiger partial charge in [-0.25, -0.2) is 15.0 Å². The molecular weight excluding hydrogens is 573 g/mol. The SMILES string of the molecule is Nc1ccc(-c2ccc(-c3ccc4ccccc4c3-c3ccc(-c4nc(-c5ccccc5)nc(-c5ccccc5)n4)cc3)cc2)cc1. The van der Waals surface area contributed by atoms with E-state index >= 15 is 0 Å². The summed E-state index contributed by atoms with van der Waals surface area (Å²) in [5.74, 6) is 1.94. The molecule has 4 nitrogen and oxygen atoms in total. The highest BCUT2D eigenvalue weighted by atomic mass is 15.0. The third kappa shape index (κ3) is 5.65. The molecule has 8 rings (SSSR count). The van der Waals surface area contributed by atoms with Gasteiger partial charge in [0.1, 0.15) is 0 Å². The van der Waals surface area contributed by atoms with Crippen molar-refractivity contribution in [2.24, 2.45) is 0 Å². The maximum Gasteiger partial charge on any atom is 0.164 e. The van der Waals surface area contributed by atoms with Crippen LogP contribution in [-0.2, 0) is 0 Å². The molecule has 0 radical (unpaired) electrons. The van der Waals surface area contributed by atoms with E-state index in [1.165, 1.54) is 21.9 Å². The van der Waals surface area contributed by atoms with E-state index < -0.39 is 0 Å². The predicted molar refractivity (Wildman–Crippen MR) is 194 cm³/mol. The Morgan fingerprint density at radius 2 is 0.745 bits per heavy atom. The van der Waals surface area contributed by atoms with Crippen LogP contribution in [0, 0.1) is 0 Å². The van der Waals surface area contributed by atoms with Crippen molar-refractivity contribution < 1.29 is 0 Å². The van der Waals surface area contributed by atoms with Crippen LogP contribution in [-0.4, -0.2) is 15.0 Å². The zero-order valence-electron chi connectivity index (χ0n) is 25.6. The van der Waals surface area contributed by atoms with E-state index in [9.17, 15) is 0 Å². The fourth-order valence-electron chi connectivity index (χ4n) is 6.06. The second-order valence-electron chi connectivity index (χ2n) is 11.5. The van der Waals surface area contributed by atoms with Crippen molar-refractivity contribution in [1.82, 2.24) is 15.0 Å². The van der Waals surface area contributed by atoms with Gasteiger partial charge in [-0.1, -0.05) is 158 Å². The van der Waals surface area contributed by atoms with Crippen LogP contribution in [0.5, 0.6) is 0 Å². The third-order valence-corrected chi connectivity index (χ3v) is 8.50. The first kappa shape index (κ1) is 28.1. The highest BCUT2D eigenvalue weighted by molar-refractivity contribution is 6.04. The lowest BCUT2D eigenvalue weighted by atomic mass is 9.89. The molecule has 1 aromatic heterocycles. The van der Waals surface area contributed by atoms with Gasteiger partial charge in [-0.3, -0.25) is 0 Å². The Labute approximate surface area is 273 Å². The van der Waals surface area contributed by atoms with Crippen LogP contribution >= 0.6 is 0 Å². The molecule has 47 heavy (non-hydrogen) atoms. The molecule has 0 bridgehead atoms. The van der Waals surface area contributed by atoms with Gasteiger partial charge in [0, 0.05) is 22.4 Å². The number of nitrogen functional groups attached to an aromatic ring is 1. The summed E-state index contributed by atoms with van der Waals surface area (Å²) < 4.78 is 0. The van der Waals surface area contributed by atoms with Gasteiger partial charge in [0.25, 0.3) is 0 Å². The van der Waals surface area contributed by atoms with Crippen molar-refractivity contribution >= 4 is 16.5 Å². The Morgan fingerprint density at radius 3 is 1.32 bits per heavy atom. The minimum Gasteiger partial charge on any atom is -0.399 e. The molecule has 0 aliphatic rings. The third-order valence-electron chi connectivity index (χ3n) is 8.50. The van der Waals surface area contributed by atoms with Crippen LogP contribution < -0.4 is 5.73 Å². The van der Waals surface area contributed by atoms with Crippen LogP contribution in [0.2, 0.25) is 0 Å². The van der Waals surface area contributed by atoms with E-state index in [1.807, 2.05) is 72.8 Å². The van der Waals surface area contributed by atoms with Gasteiger partial charge in [-0.15, -0.1) is 0 Å². The maximum atomic E-state index is 5.92. The summed E-state index contributed by atoms with van der Waals surface area (Å²) in [5, 5.41) is 2.41. The summed E-state index contributed by atoms with van der Waals surface area (Å²) >= 11 is 0. The fraction of sp³-hybridized carbons (Fsp3) is 0. The lowest BCUT2D eigenvalue weighted by Gasteiger charge is -2.15. The van der Waals surface area contributed by atoms with E-state index in [2.05, 4.69) is 97.1 Å². The average molecular weight is 603 g/mol. The van der Waals surface area contributed by atoms with Crippen molar-refractivity contribution in [2.45, 2.75) is 0 Å². The Bertz CT molecular complexity index is 2260. The molecule has 0 amide bonds. The first-order chi connectivity index (χ1) is 23.2. The van der Waals surface area contributed by atoms with Gasteiger partial charge in [0.2, 0.25) is 0 Å². The summed E-state index contributed by atoms with van der Waals surface area (Å²) in [7, 11) is 0. The van der Waals surface area contributed by atoms with Crippen LogP contribution in [0.4, 0.5) is 5.69 Å². The molecule has 8 aromatic rings. The summed E-state index contributed by atoms with van der Waals surface area (Å²) in [6.07, 6.45) is 0. The molecule has 2 N–H and O–H groups in total. The molecule has 4 heteroatoms. The van der Waals surface area contributed by atoms with Gasteiger partial charge in [-0.2, -0.15) is 0 Å². The monoisotopic (exact) mass is 602 g/mol. The second kappa shape index (κ2) is 12.2. The molecule has 0 fully saturated rings. The molecule has 222 valence electrons. The molecule has 7 aromatic carbocycles. The topological polar surface area (TPSA) is 64.7 Å². The van der Waals surface area contributed by atoms with E-state index in [4.69, 9.17) is 20.7 Å². The van der Waals surface area contributed by atoms with Crippen molar-refractivity contribution in [3.63, 3.8) is 0 Å². The quantitative estimate of drug-likeness (QED) is 0.192. The van der Waals surface area contributed by atoms with E-state index in [1.54, 1.807) is 0 Å². The molecule has 0 aliphatic carbocycles. The Morgan fingerprint density at radius 1 is 0.319 bits per heavy atom. The Balaban J connectivity index is 1.22. The van der Waals surface area contributed by atoms with Crippen LogP contribution in [0.15, 0.2) is 170 Å². The number of hydrogen-bond acceptors (Lipinski definition) is 4. The summed E-state index contributed by atoms with van der Waals surface area (Å²) in [6, 6.07) is 58.5. The number of nitrogens with zero attached hydrogens (tertiary/aromatic N) is 3. The lowest BCUT2D eigenvalue weighted by Crippen LogP contribution is -2.00.